The average molecular weight is 303 g/mol. The number of pyridine rings is 1. The first kappa shape index (κ1) is 14.0. The summed E-state index contributed by atoms with van der Waals surface area (Å²) < 4.78 is 5.77. The van der Waals surface area contributed by atoms with E-state index in [1.54, 1.807) is 4.90 Å². The van der Waals surface area contributed by atoms with Crippen molar-refractivity contribution in [2.45, 2.75) is 26.9 Å². The van der Waals surface area contributed by atoms with E-state index < -0.39 is 0 Å². The summed E-state index contributed by atoms with van der Waals surface area (Å²) in [5.41, 5.74) is 1.74. The van der Waals surface area contributed by atoms with Gasteiger partial charge in [0.2, 0.25) is 5.88 Å². The van der Waals surface area contributed by atoms with E-state index in [0.29, 0.717) is 19.0 Å². The average Bonchev–Trinajstić information content (AvgIpc) is 2.72. The number of aryl methyl sites for hydroxylation is 3. The number of aromatic nitrogens is 2. The summed E-state index contributed by atoms with van der Waals surface area (Å²) in [5, 5.41) is 0.924. The minimum atomic E-state index is 0.0255. The Morgan fingerprint density at radius 2 is 2.05 bits per heavy atom. The summed E-state index contributed by atoms with van der Waals surface area (Å²) >= 11 is 1.45. The van der Waals surface area contributed by atoms with E-state index in [4.69, 9.17) is 4.74 Å². The third-order valence-corrected chi connectivity index (χ3v) is 4.44. The highest BCUT2D eigenvalue weighted by atomic mass is 32.1. The minimum absolute atomic E-state index is 0.0255. The molecule has 110 valence electrons. The van der Waals surface area contributed by atoms with Gasteiger partial charge in [0.15, 0.2) is 0 Å². The highest BCUT2D eigenvalue weighted by Crippen LogP contribution is 2.23. The molecule has 3 rings (SSSR count). The number of carbonyl (C=O) groups is 1. The number of hydrogen-bond acceptors (Lipinski definition) is 5. The molecule has 0 aliphatic carbocycles. The van der Waals surface area contributed by atoms with E-state index in [1.807, 2.05) is 39.0 Å². The first-order valence-electron chi connectivity index (χ1n) is 6.86. The maximum Gasteiger partial charge on any atom is 0.266 e. The van der Waals surface area contributed by atoms with Crippen molar-refractivity contribution in [3.63, 3.8) is 0 Å². The Bertz CT molecular complexity index is 677. The first-order valence-corrected chi connectivity index (χ1v) is 7.68. The lowest BCUT2D eigenvalue weighted by molar-refractivity contribution is 0.0162. The summed E-state index contributed by atoms with van der Waals surface area (Å²) in [7, 11) is 0. The Labute approximate surface area is 127 Å². The number of carbonyl (C=O) groups excluding carboxylic acids is 1. The van der Waals surface area contributed by atoms with Crippen LogP contribution in [0.15, 0.2) is 18.2 Å². The topological polar surface area (TPSA) is 55.3 Å². The van der Waals surface area contributed by atoms with Crippen molar-refractivity contribution >= 4 is 17.2 Å². The SMILES string of the molecule is Cc1cccc(OC2CN(C(=O)c3sc(C)nc3C)C2)n1. The van der Waals surface area contributed by atoms with Crippen LogP contribution >= 0.6 is 11.3 Å². The lowest BCUT2D eigenvalue weighted by Gasteiger charge is -2.38. The predicted octanol–water partition coefficient (Wildman–Crippen LogP) is 2.37. The summed E-state index contributed by atoms with van der Waals surface area (Å²) in [6, 6.07) is 5.69. The van der Waals surface area contributed by atoms with E-state index in [2.05, 4.69) is 9.97 Å². The van der Waals surface area contributed by atoms with Crippen LogP contribution < -0.4 is 4.74 Å². The van der Waals surface area contributed by atoms with Gasteiger partial charge in [-0.2, -0.15) is 0 Å². The fourth-order valence-corrected chi connectivity index (χ4v) is 3.19. The van der Waals surface area contributed by atoms with Gasteiger partial charge < -0.3 is 9.64 Å². The van der Waals surface area contributed by atoms with Crippen molar-refractivity contribution < 1.29 is 9.53 Å². The molecule has 0 atom stereocenters. The third-order valence-electron chi connectivity index (χ3n) is 3.38. The Hall–Kier alpha value is -1.95. The molecule has 0 spiro atoms. The Morgan fingerprint density at radius 1 is 1.29 bits per heavy atom. The van der Waals surface area contributed by atoms with E-state index in [1.165, 1.54) is 11.3 Å². The van der Waals surface area contributed by atoms with Gasteiger partial charge in [-0.25, -0.2) is 9.97 Å². The third kappa shape index (κ3) is 2.90. The monoisotopic (exact) mass is 303 g/mol. The molecule has 2 aromatic heterocycles. The highest BCUT2D eigenvalue weighted by Gasteiger charge is 2.34. The molecule has 1 aliphatic heterocycles. The molecule has 1 saturated heterocycles. The number of ether oxygens (including phenoxy) is 1. The molecule has 0 radical (unpaired) electrons. The van der Waals surface area contributed by atoms with Crippen molar-refractivity contribution in [1.29, 1.82) is 0 Å². The number of thiazole rings is 1. The van der Waals surface area contributed by atoms with Crippen molar-refractivity contribution in [2.24, 2.45) is 0 Å². The van der Waals surface area contributed by atoms with Crippen molar-refractivity contribution in [2.75, 3.05) is 13.1 Å². The Balaban J connectivity index is 1.58. The predicted molar refractivity (Wildman–Crippen MR) is 80.9 cm³/mol. The molecule has 6 heteroatoms. The van der Waals surface area contributed by atoms with Gasteiger partial charge in [-0.05, 0) is 26.8 Å². The second kappa shape index (κ2) is 5.44. The van der Waals surface area contributed by atoms with Crippen LogP contribution in [0.1, 0.15) is 26.1 Å². The van der Waals surface area contributed by atoms with Gasteiger partial charge in [0.1, 0.15) is 11.0 Å². The first-order chi connectivity index (χ1) is 10.0. The zero-order chi connectivity index (χ0) is 15.0. The molecule has 2 aromatic rings. The molecule has 1 fully saturated rings. The van der Waals surface area contributed by atoms with Crippen LogP contribution in [0.25, 0.3) is 0 Å². The van der Waals surface area contributed by atoms with Crippen LogP contribution in [0.4, 0.5) is 0 Å². The van der Waals surface area contributed by atoms with Gasteiger partial charge in [-0.15, -0.1) is 11.3 Å². The quantitative estimate of drug-likeness (QED) is 0.873. The fraction of sp³-hybridized carbons (Fsp3) is 0.400. The van der Waals surface area contributed by atoms with Gasteiger partial charge >= 0.3 is 0 Å². The standard InChI is InChI=1S/C15H17N3O2S/c1-9-5-4-6-13(16-9)20-12-7-18(8-12)15(19)14-10(2)17-11(3)21-14/h4-6,12H,7-8H2,1-3H3. The molecule has 21 heavy (non-hydrogen) atoms. The molecule has 0 saturated carbocycles. The largest absolute Gasteiger partial charge is 0.471 e. The maximum atomic E-state index is 12.3. The maximum absolute atomic E-state index is 12.3. The molecule has 1 aliphatic rings. The molecule has 0 unspecified atom stereocenters. The van der Waals surface area contributed by atoms with Crippen molar-refractivity contribution in [3.05, 3.63) is 39.5 Å². The number of nitrogens with zero attached hydrogens (tertiary/aromatic N) is 3. The Kier molecular flexibility index (Phi) is 3.63. The number of rotatable bonds is 3. The lowest BCUT2D eigenvalue weighted by Crippen LogP contribution is -2.56. The van der Waals surface area contributed by atoms with E-state index in [9.17, 15) is 4.79 Å². The highest BCUT2D eigenvalue weighted by molar-refractivity contribution is 7.13. The van der Waals surface area contributed by atoms with Crippen LogP contribution in [-0.4, -0.2) is 40.0 Å². The van der Waals surface area contributed by atoms with Crippen LogP contribution in [0.2, 0.25) is 0 Å². The molecular formula is C15H17N3O2S. The molecule has 0 N–H and O–H groups in total. The minimum Gasteiger partial charge on any atom is -0.471 e. The number of amides is 1. The van der Waals surface area contributed by atoms with Crippen molar-refractivity contribution in [3.8, 4) is 5.88 Å². The Morgan fingerprint density at radius 3 is 2.67 bits per heavy atom. The normalized spacial score (nSPS) is 14.9. The van der Waals surface area contributed by atoms with Crippen LogP contribution in [0, 0.1) is 20.8 Å². The van der Waals surface area contributed by atoms with Crippen molar-refractivity contribution in [1.82, 2.24) is 14.9 Å². The van der Waals surface area contributed by atoms with Gasteiger partial charge in [0.25, 0.3) is 5.91 Å². The molecular weight excluding hydrogens is 286 g/mol. The molecule has 0 aromatic carbocycles. The number of likely N-dealkylation sites (tertiary alicyclic amines) is 1. The molecule has 3 heterocycles. The molecule has 0 bridgehead atoms. The molecule has 5 nitrogen and oxygen atoms in total. The summed E-state index contributed by atoms with van der Waals surface area (Å²) in [5.74, 6) is 0.673. The van der Waals surface area contributed by atoms with Gasteiger partial charge in [0, 0.05) is 11.8 Å². The van der Waals surface area contributed by atoms with Crippen LogP contribution in [-0.2, 0) is 0 Å². The summed E-state index contributed by atoms with van der Waals surface area (Å²) in [4.78, 5) is 23.5. The molecule has 1 amide bonds. The fourth-order valence-electron chi connectivity index (χ4n) is 2.31. The second-order valence-electron chi connectivity index (χ2n) is 5.21. The zero-order valence-corrected chi connectivity index (χ0v) is 13.1. The van der Waals surface area contributed by atoms with Gasteiger partial charge in [0.05, 0.1) is 23.8 Å². The zero-order valence-electron chi connectivity index (χ0n) is 12.3. The lowest BCUT2D eigenvalue weighted by atomic mass is 10.1. The number of hydrogen-bond donors (Lipinski definition) is 0. The van der Waals surface area contributed by atoms with E-state index in [0.717, 1.165) is 21.3 Å². The van der Waals surface area contributed by atoms with E-state index >= 15 is 0 Å². The van der Waals surface area contributed by atoms with E-state index in [-0.39, 0.29) is 12.0 Å². The summed E-state index contributed by atoms with van der Waals surface area (Å²) in [6.45, 7) is 6.93. The smallest absolute Gasteiger partial charge is 0.266 e. The van der Waals surface area contributed by atoms with Gasteiger partial charge in [-0.1, -0.05) is 6.07 Å². The van der Waals surface area contributed by atoms with Gasteiger partial charge in [-0.3, -0.25) is 4.79 Å². The van der Waals surface area contributed by atoms with Crippen LogP contribution in [0.3, 0.4) is 0 Å². The second-order valence-corrected chi connectivity index (χ2v) is 6.42. The summed E-state index contributed by atoms with van der Waals surface area (Å²) in [6.07, 6.45) is 0.0255. The van der Waals surface area contributed by atoms with Crippen LogP contribution in [0.5, 0.6) is 5.88 Å².